The molecular weight excluding hydrogens is 340 g/mol. The molecule has 1 unspecified atom stereocenters. The number of primary amides is 1. The minimum absolute atomic E-state index is 0.325. The number of likely N-dealkylation sites (N-methyl/N-ethyl adjacent to an activating group) is 1. The number of hydrogen-bond acceptors (Lipinski definition) is 4. The number of carbonyl (C=O) groups is 2. The predicted molar refractivity (Wildman–Crippen MR) is 112 cm³/mol. The van der Waals surface area contributed by atoms with Gasteiger partial charge in [-0.05, 0) is 19.9 Å². The van der Waals surface area contributed by atoms with Crippen LogP contribution in [0.4, 0.5) is 0 Å². The molecule has 5 nitrogen and oxygen atoms in total. The molecule has 0 saturated carbocycles. The second-order valence-electron chi connectivity index (χ2n) is 7.66. The lowest BCUT2D eigenvalue weighted by Crippen LogP contribution is -2.57. The summed E-state index contributed by atoms with van der Waals surface area (Å²) in [5, 5.41) is 2.84. The minimum atomic E-state index is -1.36. The van der Waals surface area contributed by atoms with Crippen molar-refractivity contribution in [1.82, 2.24) is 5.32 Å². The molecule has 160 valence electrons. The number of nitrogens with one attached hydrogen (secondary N) is 1. The van der Waals surface area contributed by atoms with E-state index in [0.29, 0.717) is 12.8 Å². The van der Waals surface area contributed by atoms with E-state index in [1.807, 2.05) is 6.92 Å². The molecule has 0 aliphatic carbocycles. The number of ether oxygens (including phenoxy) is 1. The van der Waals surface area contributed by atoms with Crippen LogP contribution >= 0.6 is 0 Å². The molecule has 1 atom stereocenters. The lowest BCUT2D eigenvalue weighted by Gasteiger charge is -2.30. The van der Waals surface area contributed by atoms with Crippen LogP contribution in [0.2, 0.25) is 0 Å². The molecule has 0 aliphatic rings. The predicted octanol–water partition coefficient (Wildman–Crippen LogP) is 5.21. The quantitative estimate of drug-likeness (QED) is 0.182. The van der Waals surface area contributed by atoms with Crippen LogP contribution in [0.5, 0.6) is 0 Å². The zero-order valence-corrected chi connectivity index (χ0v) is 18.1. The van der Waals surface area contributed by atoms with Crippen LogP contribution in [0.15, 0.2) is 0 Å². The van der Waals surface area contributed by atoms with Crippen molar-refractivity contribution in [2.45, 2.75) is 122 Å². The first-order valence-electron chi connectivity index (χ1n) is 11.2. The Morgan fingerprint density at radius 2 is 1.22 bits per heavy atom. The van der Waals surface area contributed by atoms with E-state index in [1.54, 1.807) is 7.05 Å². The van der Waals surface area contributed by atoms with Crippen molar-refractivity contribution < 1.29 is 14.3 Å². The van der Waals surface area contributed by atoms with Gasteiger partial charge in [0.2, 0.25) is 5.72 Å². The van der Waals surface area contributed by atoms with E-state index in [-0.39, 0.29) is 5.97 Å². The van der Waals surface area contributed by atoms with Crippen LogP contribution < -0.4 is 11.1 Å². The molecule has 0 aliphatic heterocycles. The van der Waals surface area contributed by atoms with E-state index in [1.165, 1.54) is 57.8 Å². The molecular formula is C22H44N2O3. The van der Waals surface area contributed by atoms with Gasteiger partial charge in [-0.3, -0.25) is 14.9 Å². The van der Waals surface area contributed by atoms with E-state index < -0.39 is 11.6 Å². The molecule has 3 N–H and O–H groups in total. The minimum Gasteiger partial charge on any atom is -0.434 e. The van der Waals surface area contributed by atoms with Gasteiger partial charge < -0.3 is 10.5 Å². The standard InChI is InChI=1S/C22H44N2O3/c1-4-6-8-9-10-11-12-13-14-15-16-17-19-22(24-3,21(23)26)27-20(25)18-7-5-2/h24H,4-19H2,1-3H3,(H2,23,26). The average Bonchev–Trinajstić information content (AvgIpc) is 2.66. The van der Waals surface area contributed by atoms with Gasteiger partial charge in [0, 0.05) is 12.8 Å². The monoisotopic (exact) mass is 384 g/mol. The Balaban J connectivity index is 3.91. The van der Waals surface area contributed by atoms with Crippen molar-refractivity contribution in [2.24, 2.45) is 5.73 Å². The Kier molecular flexibility index (Phi) is 16.3. The molecule has 27 heavy (non-hydrogen) atoms. The highest BCUT2D eigenvalue weighted by atomic mass is 16.6. The van der Waals surface area contributed by atoms with Gasteiger partial charge in [0.15, 0.2) is 0 Å². The molecule has 0 fully saturated rings. The molecule has 0 bridgehead atoms. The molecule has 0 aromatic heterocycles. The van der Waals surface area contributed by atoms with Crippen LogP contribution in [0.25, 0.3) is 0 Å². The van der Waals surface area contributed by atoms with Crippen molar-refractivity contribution in [1.29, 1.82) is 0 Å². The average molecular weight is 385 g/mol. The Morgan fingerprint density at radius 3 is 1.63 bits per heavy atom. The molecule has 0 aromatic rings. The molecule has 0 spiro atoms. The van der Waals surface area contributed by atoms with Crippen molar-refractivity contribution in [3.8, 4) is 0 Å². The molecule has 0 saturated heterocycles. The summed E-state index contributed by atoms with van der Waals surface area (Å²) in [6, 6.07) is 0. The largest absolute Gasteiger partial charge is 0.434 e. The fourth-order valence-corrected chi connectivity index (χ4v) is 3.31. The molecule has 0 aromatic carbocycles. The lowest BCUT2D eigenvalue weighted by molar-refractivity contribution is -0.172. The Morgan fingerprint density at radius 1 is 0.778 bits per heavy atom. The smallest absolute Gasteiger partial charge is 0.307 e. The highest BCUT2D eigenvalue weighted by Crippen LogP contribution is 2.19. The highest BCUT2D eigenvalue weighted by Gasteiger charge is 2.38. The van der Waals surface area contributed by atoms with Crippen LogP contribution in [0.3, 0.4) is 0 Å². The topological polar surface area (TPSA) is 81.4 Å². The molecule has 5 heteroatoms. The van der Waals surface area contributed by atoms with Crippen molar-refractivity contribution >= 4 is 11.9 Å². The van der Waals surface area contributed by atoms with Gasteiger partial charge in [-0.2, -0.15) is 0 Å². The molecule has 1 amide bonds. The second kappa shape index (κ2) is 17.0. The van der Waals surface area contributed by atoms with Crippen molar-refractivity contribution in [3.05, 3.63) is 0 Å². The van der Waals surface area contributed by atoms with Gasteiger partial charge in [-0.15, -0.1) is 0 Å². The molecule has 0 heterocycles. The summed E-state index contributed by atoms with van der Waals surface area (Å²) in [7, 11) is 1.62. The van der Waals surface area contributed by atoms with E-state index in [9.17, 15) is 9.59 Å². The summed E-state index contributed by atoms with van der Waals surface area (Å²) in [6.07, 6.45) is 17.4. The Hall–Kier alpha value is -1.10. The number of hydrogen-bond donors (Lipinski definition) is 2. The normalized spacial score (nSPS) is 13.3. The third-order valence-electron chi connectivity index (χ3n) is 5.21. The number of rotatable bonds is 19. The van der Waals surface area contributed by atoms with Crippen molar-refractivity contribution in [3.63, 3.8) is 0 Å². The summed E-state index contributed by atoms with van der Waals surface area (Å²) in [4.78, 5) is 23.8. The lowest BCUT2D eigenvalue weighted by atomic mass is 10.0. The first-order chi connectivity index (χ1) is 13.0. The fraction of sp³-hybridized carbons (Fsp3) is 0.909. The van der Waals surface area contributed by atoms with E-state index in [2.05, 4.69) is 12.2 Å². The van der Waals surface area contributed by atoms with Gasteiger partial charge in [-0.25, -0.2) is 0 Å². The van der Waals surface area contributed by atoms with E-state index >= 15 is 0 Å². The van der Waals surface area contributed by atoms with Gasteiger partial charge in [-0.1, -0.05) is 90.9 Å². The van der Waals surface area contributed by atoms with Crippen LogP contribution in [-0.2, 0) is 14.3 Å². The second-order valence-corrected chi connectivity index (χ2v) is 7.66. The summed E-state index contributed by atoms with van der Waals surface area (Å²) < 4.78 is 5.43. The van der Waals surface area contributed by atoms with Gasteiger partial charge >= 0.3 is 5.97 Å². The summed E-state index contributed by atoms with van der Waals surface area (Å²) in [5.74, 6) is -0.971. The fourth-order valence-electron chi connectivity index (χ4n) is 3.31. The number of amides is 1. The number of unbranched alkanes of at least 4 members (excludes halogenated alkanes) is 12. The Bertz CT molecular complexity index is 388. The zero-order chi connectivity index (χ0) is 20.4. The zero-order valence-electron chi connectivity index (χ0n) is 18.1. The summed E-state index contributed by atoms with van der Waals surface area (Å²) in [5.41, 5.74) is 4.16. The van der Waals surface area contributed by atoms with Gasteiger partial charge in [0.25, 0.3) is 5.91 Å². The van der Waals surface area contributed by atoms with Gasteiger partial charge in [0.05, 0.1) is 0 Å². The van der Waals surface area contributed by atoms with E-state index in [0.717, 1.165) is 32.1 Å². The van der Waals surface area contributed by atoms with Crippen LogP contribution in [0, 0.1) is 0 Å². The van der Waals surface area contributed by atoms with Gasteiger partial charge in [0.1, 0.15) is 0 Å². The summed E-state index contributed by atoms with van der Waals surface area (Å²) >= 11 is 0. The maximum atomic E-state index is 11.9. The highest BCUT2D eigenvalue weighted by molar-refractivity contribution is 5.86. The van der Waals surface area contributed by atoms with Crippen LogP contribution in [0.1, 0.15) is 117 Å². The van der Waals surface area contributed by atoms with Crippen molar-refractivity contribution in [2.75, 3.05) is 7.05 Å². The maximum Gasteiger partial charge on any atom is 0.307 e. The van der Waals surface area contributed by atoms with Crippen LogP contribution in [-0.4, -0.2) is 24.6 Å². The SMILES string of the molecule is CCCCCCCCCCCCCCC(NC)(OC(=O)CCCC)C(N)=O. The number of esters is 1. The third-order valence-corrected chi connectivity index (χ3v) is 5.21. The maximum absolute atomic E-state index is 11.9. The Labute approximate surface area is 167 Å². The molecule has 0 radical (unpaired) electrons. The molecule has 0 rings (SSSR count). The third kappa shape index (κ3) is 12.8. The number of carbonyl (C=O) groups excluding carboxylic acids is 2. The summed E-state index contributed by atoms with van der Waals surface area (Å²) in [6.45, 7) is 4.26. The first-order valence-corrected chi connectivity index (χ1v) is 11.2. The first kappa shape index (κ1) is 25.9. The van der Waals surface area contributed by atoms with E-state index in [4.69, 9.17) is 10.5 Å². The number of nitrogens with two attached hydrogens (primary N) is 1.